The fourth-order valence-corrected chi connectivity index (χ4v) is 5.88. The van der Waals surface area contributed by atoms with Crippen LogP contribution in [0.1, 0.15) is 35.1 Å². The molecule has 2 heterocycles. The molecule has 4 rings (SSSR count). The van der Waals surface area contributed by atoms with Gasteiger partial charge in [-0.2, -0.15) is 0 Å². The summed E-state index contributed by atoms with van der Waals surface area (Å²) >= 11 is 26.4. The van der Waals surface area contributed by atoms with E-state index in [2.05, 4.69) is 15.9 Å². The predicted octanol–water partition coefficient (Wildman–Crippen LogP) is 5.86. The number of aromatic nitrogens is 4. The van der Waals surface area contributed by atoms with E-state index in [4.69, 9.17) is 57.1 Å². The van der Waals surface area contributed by atoms with Crippen LogP contribution in [0.4, 0.5) is 0 Å². The summed E-state index contributed by atoms with van der Waals surface area (Å²) in [6.45, 7) is 2.16. The molecule has 0 radical (unpaired) electrons. The molecule has 228 valence electrons. The molecular formula is C28H27BrCl2N4O6S2. The zero-order valence-corrected chi connectivity index (χ0v) is 28.4. The van der Waals surface area contributed by atoms with Crippen LogP contribution in [0.2, 0.25) is 10.0 Å². The second kappa shape index (κ2) is 12.9. The minimum Gasteiger partial charge on any atom is -0.494 e. The molecule has 0 saturated carbocycles. The van der Waals surface area contributed by atoms with Crippen LogP contribution in [-0.4, -0.2) is 35.1 Å². The molecule has 0 aliphatic rings. The maximum absolute atomic E-state index is 13.7. The minimum absolute atomic E-state index is 0.0517. The second-order valence-corrected chi connectivity index (χ2v) is 12.0. The van der Waals surface area contributed by atoms with Gasteiger partial charge in [-0.25, -0.2) is 0 Å². The zero-order valence-electron chi connectivity index (χ0n) is 23.6. The van der Waals surface area contributed by atoms with Crippen LogP contribution in [0, 0.1) is 9.54 Å². The van der Waals surface area contributed by atoms with E-state index >= 15 is 0 Å². The van der Waals surface area contributed by atoms with Crippen molar-refractivity contribution in [1.82, 2.24) is 18.3 Å². The minimum atomic E-state index is -1.29. The third-order valence-corrected chi connectivity index (χ3v) is 9.37. The van der Waals surface area contributed by atoms with Crippen LogP contribution in [0.15, 0.2) is 44.4 Å². The Kier molecular flexibility index (Phi) is 9.82. The van der Waals surface area contributed by atoms with E-state index in [1.54, 1.807) is 37.3 Å². The third kappa shape index (κ3) is 6.01. The summed E-state index contributed by atoms with van der Waals surface area (Å²) in [6, 6.07) is 8.33. The molecule has 0 bridgehead atoms. The van der Waals surface area contributed by atoms with Gasteiger partial charge in [0, 0.05) is 28.2 Å². The van der Waals surface area contributed by atoms with E-state index in [1.165, 1.54) is 46.5 Å². The van der Waals surface area contributed by atoms with Crippen molar-refractivity contribution in [3.8, 4) is 23.3 Å². The Morgan fingerprint density at radius 1 is 0.837 bits per heavy atom. The second-order valence-electron chi connectivity index (χ2n) is 9.62. The fourth-order valence-electron chi connectivity index (χ4n) is 4.64. The van der Waals surface area contributed by atoms with Crippen molar-refractivity contribution in [1.29, 1.82) is 0 Å². The van der Waals surface area contributed by atoms with E-state index < -0.39 is 28.8 Å². The van der Waals surface area contributed by atoms with Gasteiger partial charge in [-0.05, 0) is 82.7 Å². The maximum atomic E-state index is 13.7. The molecule has 15 heteroatoms. The molecule has 0 spiro atoms. The van der Waals surface area contributed by atoms with Gasteiger partial charge in [0.15, 0.2) is 21.0 Å². The molecule has 0 fully saturated rings. The van der Waals surface area contributed by atoms with Crippen molar-refractivity contribution in [2.75, 3.05) is 6.61 Å². The van der Waals surface area contributed by atoms with Crippen molar-refractivity contribution in [2.45, 2.75) is 19.4 Å². The quantitative estimate of drug-likeness (QED) is 0.217. The number of nitrogens with zero attached hydrogens (tertiary/aromatic N) is 4. The number of rotatable bonds is 8. The van der Waals surface area contributed by atoms with E-state index in [0.29, 0.717) is 25.8 Å². The van der Waals surface area contributed by atoms with Gasteiger partial charge < -0.3 is 19.7 Å². The molecule has 2 N–H and O–H groups in total. The summed E-state index contributed by atoms with van der Waals surface area (Å²) in [7, 11) is 5.89. The SMILES string of the molecule is CCOc1cc(C(c2c(O)n(C)c(=S)n(C)c2=O)c2c(O)n(C)c(=S)n(C)c2=O)cc(Br)c1OCc1ccc(Cl)c(Cl)c1. The Balaban J connectivity index is 2.03. The van der Waals surface area contributed by atoms with Crippen LogP contribution in [0.25, 0.3) is 0 Å². The van der Waals surface area contributed by atoms with Gasteiger partial charge in [0.1, 0.15) is 6.61 Å². The summed E-state index contributed by atoms with van der Waals surface area (Å²) in [4.78, 5) is 27.4. The highest BCUT2D eigenvalue weighted by atomic mass is 79.9. The van der Waals surface area contributed by atoms with Crippen LogP contribution in [-0.2, 0) is 34.8 Å². The lowest BCUT2D eigenvalue weighted by Crippen LogP contribution is -2.33. The molecule has 0 aliphatic carbocycles. The summed E-state index contributed by atoms with van der Waals surface area (Å²) < 4.78 is 17.4. The summed E-state index contributed by atoms with van der Waals surface area (Å²) in [5.74, 6) is -1.63. The Morgan fingerprint density at radius 3 is 1.86 bits per heavy atom. The van der Waals surface area contributed by atoms with Crippen molar-refractivity contribution >= 4 is 63.6 Å². The topological polar surface area (TPSA) is 113 Å². The number of hydrogen-bond donors (Lipinski definition) is 2. The molecule has 0 aliphatic heterocycles. The Hall–Kier alpha value is -3.10. The first-order chi connectivity index (χ1) is 20.2. The van der Waals surface area contributed by atoms with Crippen LogP contribution in [0.3, 0.4) is 0 Å². The number of benzene rings is 2. The van der Waals surface area contributed by atoms with Gasteiger partial charge in [0.25, 0.3) is 11.1 Å². The monoisotopic (exact) mass is 728 g/mol. The third-order valence-electron chi connectivity index (χ3n) is 6.94. The van der Waals surface area contributed by atoms with Crippen molar-refractivity contribution in [3.05, 3.63) is 97.4 Å². The van der Waals surface area contributed by atoms with Crippen LogP contribution in [0.5, 0.6) is 23.3 Å². The molecule has 2 aromatic carbocycles. The smallest absolute Gasteiger partial charge is 0.262 e. The van der Waals surface area contributed by atoms with E-state index in [9.17, 15) is 19.8 Å². The molecule has 10 nitrogen and oxygen atoms in total. The lowest BCUT2D eigenvalue weighted by molar-refractivity contribution is 0.267. The predicted molar refractivity (Wildman–Crippen MR) is 173 cm³/mol. The molecular weight excluding hydrogens is 703 g/mol. The van der Waals surface area contributed by atoms with Gasteiger partial charge in [-0.3, -0.25) is 27.9 Å². The zero-order chi connectivity index (χ0) is 31.9. The normalized spacial score (nSPS) is 11.3. The number of hydrogen-bond acceptors (Lipinski definition) is 8. The lowest BCUT2D eigenvalue weighted by Gasteiger charge is -2.24. The van der Waals surface area contributed by atoms with Crippen molar-refractivity contribution < 1.29 is 19.7 Å². The molecule has 4 aromatic rings. The maximum Gasteiger partial charge on any atom is 0.262 e. The number of ether oxygens (including phenoxy) is 2. The average Bonchev–Trinajstić information content (AvgIpc) is 2.97. The van der Waals surface area contributed by atoms with E-state index in [0.717, 1.165) is 5.56 Å². The van der Waals surface area contributed by atoms with E-state index in [1.807, 2.05) is 0 Å². The van der Waals surface area contributed by atoms with Crippen LogP contribution < -0.4 is 20.6 Å². The molecule has 2 aromatic heterocycles. The molecule has 0 amide bonds. The Morgan fingerprint density at radius 2 is 1.37 bits per heavy atom. The molecule has 43 heavy (non-hydrogen) atoms. The molecule has 0 saturated heterocycles. The first-order valence-electron chi connectivity index (χ1n) is 12.7. The van der Waals surface area contributed by atoms with Gasteiger partial charge in [0.2, 0.25) is 11.8 Å². The van der Waals surface area contributed by atoms with E-state index in [-0.39, 0.29) is 39.6 Å². The van der Waals surface area contributed by atoms with Gasteiger partial charge >= 0.3 is 0 Å². The highest BCUT2D eigenvalue weighted by Crippen LogP contribution is 2.44. The van der Waals surface area contributed by atoms with Crippen molar-refractivity contribution in [2.24, 2.45) is 28.2 Å². The summed E-state index contributed by atoms with van der Waals surface area (Å²) in [5.41, 5.74) is -0.631. The summed E-state index contributed by atoms with van der Waals surface area (Å²) in [5, 5.41) is 23.3. The van der Waals surface area contributed by atoms with Gasteiger partial charge in [-0.1, -0.05) is 29.3 Å². The highest BCUT2D eigenvalue weighted by Gasteiger charge is 2.33. The lowest BCUT2D eigenvalue weighted by atomic mass is 9.86. The van der Waals surface area contributed by atoms with Crippen LogP contribution >= 0.6 is 63.6 Å². The largest absolute Gasteiger partial charge is 0.494 e. The van der Waals surface area contributed by atoms with Gasteiger partial charge in [-0.15, -0.1) is 0 Å². The number of halogens is 3. The first kappa shape index (κ1) is 32.8. The standard InChI is InChI=1S/C28H27BrCl2N4O6S2/c1-6-40-18-11-14(10-15(29)22(18)41-12-13-7-8-16(30)17(31)9-13)19(20-23(36)32(2)27(42)33(3)24(20)37)21-25(38)34(4)28(43)35(5)26(21)39/h7-11,19,36,38H,6,12H2,1-5H3. The van der Waals surface area contributed by atoms with Crippen molar-refractivity contribution in [3.63, 3.8) is 0 Å². The van der Waals surface area contributed by atoms with Gasteiger partial charge in [0.05, 0.1) is 38.2 Å². The average molecular weight is 730 g/mol. The molecule has 0 atom stereocenters. The number of aromatic hydroxyl groups is 2. The Labute approximate surface area is 275 Å². The molecule has 0 unspecified atom stereocenters. The first-order valence-corrected chi connectivity index (χ1v) is 15.1. The Bertz CT molecular complexity index is 1920. The fraction of sp³-hybridized carbons (Fsp3) is 0.286. The highest BCUT2D eigenvalue weighted by molar-refractivity contribution is 9.10. The summed E-state index contributed by atoms with van der Waals surface area (Å²) in [6.07, 6.45) is 0.